The fraction of sp³-hybridized carbons (Fsp3) is 0.727. The van der Waals surface area contributed by atoms with E-state index in [4.69, 9.17) is 4.74 Å². The van der Waals surface area contributed by atoms with Crippen LogP contribution in [0.1, 0.15) is 26.7 Å². The molecule has 0 aliphatic heterocycles. The van der Waals surface area contributed by atoms with Gasteiger partial charge in [-0.15, -0.1) is 0 Å². The molecule has 1 unspecified atom stereocenters. The Morgan fingerprint density at radius 2 is 2.44 bits per heavy atom. The Labute approximate surface area is 116 Å². The molecule has 0 aliphatic carbocycles. The van der Waals surface area contributed by atoms with Crippen LogP contribution in [0.4, 0.5) is 0 Å². The number of methoxy groups -OCH3 is 1. The van der Waals surface area contributed by atoms with Crippen LogP contribution >= 0.6 is 23.3 Å². The summed E-state index contributed by atoms with van der Waals surface area (Å²) in [6.07, 6.45) is 3.22. The predicted octanol–water partition coefficient (Wildman–Crippen LogP) is 1.95. The van der Waals surface area contributed by atoms with Gasteiger partial charge >= 0.3 is 5.97 Å². The molecule has 1 N–H and O–H groups in total. The minimum Gasteiger partial charge on any atom is -0.468 e. The van der Waals surface area contributed by atoms with Crippen LogP contribution in [0, 0.1) is 0 Å². The summed E-state index contributed by atoms with van der Waals surface area (Å²) in [5, 5.41) is 3.26. The van der Waals surface area contributed by atoms with Gasteiger partial charge in [-0.1, -0.05) is 18.7 Å². The lowest BCUT2D eigenvalue weighted by Gasteiger charge is -2.27. The number of carbonyl (C=O) groups is 1. The van der Waals surface area contributed by atoms with Crippen molar-refractivity contribution >= 4 is 29.3 Å². The van der Waals surface area contributed by atoms with Crippen molar-refractivity contribution in [1.82, 2.24) is 14.7 Å². The van der Waals surface area contributed by atoms with Gasteiger partial charge in [0, 0.05) is 5.75 Å². The quantitative estimate of drug-likeness (QED) is 0.583. The Bertz CT molecular complexity index is 359. The zero-order valence-corrected chi connectivity index (χ0v) is 12.6. The lowest BCUT2D eigenvalue weighted by Crippen LogP contribution is -2.50. The highest BCUT2D eigenvalue weighted by molar-refractivity contribution is 8.00. The van der Waals surface area contributed by atoms with E-state index < -0.39 is 5.54 Å². The number of nitrogens with zero attached hydrogens (tertiary/aromatic N) is 2. The maximum Gasteiger partial charge on any atom is 0.325 e. The van der Waals surface area contributed by atoms with Crippen molar-refractivity contribution in [3.8, 4) is 0 Å². The first kappa shape index (κ1) is 15.4. The molecular formula is C11H19N3O2S2. The van der Waals surface area contributed by atoms with Crippen LogP contribution in [0.5, 0.6) is 0 Å². The Morgan fingerprint density at radius 1 is 1.67 bits per heavy atom. The summed E-state index contributed by atoms with van der Waals surface area (Å²) in [6.45, 7) is 4.75. The maximum atomic E-state index is 11.8. The molecule has 0 saturated carbocycles. The monoisotopic (exact) mass is 289 g/mol. The molecule has 1 aromatic heterocycles. The van der Waals surface area contributed by atoms with Gasteiger partial charge in [0.2, 0.25) is 0 Å². The summed E-state index contributed by atoms with van der Waals surface area (Å²) in [5.74, 6) is 0.589. The molecule has 1 atom stereocenters. The van der Waals surface area contributed by atoms with E-state index >= 15 is 0 Å². The summed E-state index contributed by atoms with van der Waals surface area (Å²) >= 11 is 2.98. The van der Waals surface area contributed by atoms with E-state index in [9.17, 15) is 4.79 Å². The second kappa shape index (κ2) is 7.70. The van der Waals surface area contributed by atoms with Crippen molar-refractivity contribution in [2.45, 2.75) is 36.6 Å². The van der Waals surface area contributed by atoms with Crippen molar-refractivity contribution in [1.29, 1.82) is 0 Å². The number of thioether (sulfide) groups is 1. The Morgan fingerprint density at radius 3 is 3.00 bits per heavy atom. The minimum absolute atomic E-state index is 0.214. The standard InChI is InChI=1S/C11H19N3O2S2/c1-4-6-13-11(2,9(15)16-3)5-7-17-10-12-8-14-18-10/h8,13H,4-7H2,1-3H3. The fourth-order valence-electron chi connectivity index (χ4n) is 1.46. The average molecular weight is 289 g/mol. The zero-order chi connectivity index (χ0) is 13.4. The number of rotatable bonds is 8. The largest absolute Gasteiger partial charge is 0.468 e. The van der Waals surface area contributed by atoms with Gasteiger partial charge in [-0.05, 0) is 37.8 Å². The normalized spacial score (nSPS) is 14.2. The molecule has 0 amide bonds. The van der Waals surface area contributed by atoms with E-state index in [-0.39, 0.29) is 5.97 Å². The number of ether oxygens (including phenoxy) is 1. The number of nitrogens with one attached hydrogen (secondary N) is 1. The van der Waals surface area contributed by atoms with E-state index in [1.54, 1.807) is 18.1 Å². The highest BCUT2D eigenvalue weighted by Crippen LogP contribution is 2.23. The molecule has 0 saturated heterocycles. The summed E-state index contributed by atoms with van der Waals surface area (Å²) in [7, 11) is 1.42. The summed E-state index contributed by atoms with van der Waals surface area (Å²) in [6, 6.07) is 0. The van der Waals surface area contributed by atoms with Crippen LogP contribution in [0.25, 0.3) is 0 Å². The number of carbonyl (C=O) groups excluding carboxylic acids is 1. The van der Waals surface area contributed by atoms with Crippen LogP contribution in [0.3, 0.4) is 0 Å². The molecule has 0 spiro atoms. The number of aromatic nitrogens is 2. The van der Waals surface area contributed by atoms with Crippen molar-refractivity contribution in [3.63, 3.8) is 0 Å². The molecule has 1 rings (SSSR count). The third-order valence-electron chi connectivity index (χ3n) is 2.57. The van der Waals surface area contributed by atoms with Crippen LogP contribution in [-0.2, 0) is 9.53 Å². The SMILES string of the molecule is CCCNC(C)(CCSc1ncns1)C(=O)OC. The smallest absolute Gasteiger partial charge is 0.325 e. The van der Waals surface area contributed by atoms with Gasteiger partial charge < -0.3 is 10.1 Å². The fourth-order valence-corrected chi connectivity index (χ4v) is 3.13. The molecule has 5 nitrogen and oxygen atoms in total. The molecule has 1 aromatic rings. The molecule has 0 aromatic carbocycles. The lowest BCUT2D eigenvalue weighted by atomic mass is 9.99. The second-order valence-electron chi connectivity index (χ2n) is 4.06. The summed E-state index contributed by atoms with van der Waals surface area (Å²) in [4.78, 5) is 15.9. The molecule has 0 aliphatic rings. The first-order valence-corrected chi connectivity index (χ1v) is 7.61. The highest BCUT2D eigenvalue weighted by Gasteiger charge is 2.33. The van der Waals surface area contributed by atoms with Gasteiger partial charge in [-0.2, -0.15) is 4.37 Å². The number of hydrogen-bond donors (Lipinski definition) is 1. The molecule has 7 heteroatoms. The Hall–Kier alpha value is -0.660. The predicted molar refractivity (Wildman–Crippen MR) is 74.0 cm³/mol. The third-order valence-corrected chi connectivity index (χ3v) is 4.37. The molecule has 0 bridgehead atoms. The van der Waals surface area contributed by atoms with E-state index in [0.717, 1.165) is 23.1 Å². The van der Waals surface area contributed by atoms with Crippen LogP contribution in [0.15, 0.2) is 10.7 Å². The maximum absolute atomic E-state index is 11.8. The highest BCUT2D eigenvalue weighted by atomic mass is 32.2. The topological polar surface area (TPSA) is 64.1 Å². The minimum atomic E-state index is -0.623. The molecule has 18 heavy (non-hydrogen) atoms. The Balaban J connectivity index is 2.47. The summed E-state index contributed by atoms with van der Waals surface area (Å²) in [5.41, 5.74) is -0.623. The number of hydrogen-bond acceptors (Lipinski definition) is 7. The third kappa shape index (κ3) is 4.55. The first-order valence-electron chi connectivity index (χ1n) is 5.85. The zero-order valence-electron chi connectivity index (χ0n) is 10.9. The summed E-state index contributed by atoms with van der Waals surface area (Å²) < 4.78 is 9.73. The molecule has 102 valence electrons. The van der Waals surface area contributed by atoms with Crippen molar-refractivity contribution in [2.75, 3.05) is 19.4 Å². The molecule has 0 fully saturated rings. The van der Waals surface area contributed by atoms with E-state index in [0.29, 0.717) is 6.42 Å². The van der Waals surface area contributed by atoms with Crippen LogP contribution in [0.2, 0.25) is 0 Å². The van der Waals surface area contributed by atoms with Gasteiger partial charge in [-0.25, -0.2) is 4.98 Å². The van der Waals surface area contributed by atoms with Crippen molar-refractivity contribution in [2.24, 2.45) is 0 Å². The van der Waals surface area contributed by atoms with Crippen molar-refractivity contribution in [3.05, 3.63) is 6.33 Å². The van der Waals surface area contributed by atoms with E-state index in [2.05, 4.69) is 21.6 Å². The van der Waals surface area contributed by atoms with E-state index in [1.165, 1.54) is 18.6 Å². The van der Waals surface area contributed by atoms with Gasteiger partial charge in [-0.3, -0.25) is 4.79 Å². The number of esters is 1. The van der Waals surface area contributed by atoms with Gasteiger partial charge in [0.1, 0.15) is 11.9 Å². The van der Waals surface area contributed by atoms with Gasteiger partial charge in [0.05, 0.1) is 7.11 Å². The first-order chi connectivity index (χ1) is 8.62. The van der Waals surface area contributed by atoms with E-state index in [1.807, 2.05) is 6.92 Å². The second-order valence-corrected chi connectivity index (χ2v) is 6.18. The molecular weight excluding hydrogens is 270 g/mol. The molecule has 0 radical (unpaired) electrons. The van der Waals surface area contributed by atoms with Crippen LogP contribution in [-0.4, -0.2) is 40.3 Å². The van der Waals surface area contributed by atoms with Gasteiger partial charge in [0.25, 0.3) is 0 Å². The van der Waals surface area contributed by atoms with Crippen molar-refractivity contribution < 1.29 is 9.53 Å². The average Bonchev–Trinajstić information content (AvgIpc) is 2.88. The lowest BCUT2D eigenvalue weighted by molar-refractivity contribution is -0.148. The molecule has 1 heterocycles. The van der Waals surface area contributed by atoms with Gasteiger partial charge in [0.15, 0.2) is 4.34 Å². The Kier molecular flexibility index (Phi) is 6.59. The van der Waals surface area contributed by atoms with Crippen LogP contribution < -0.4 is 5.32 Å².